The molecular formula is C17H21F3N2O2. The molecule has 0 bridgehead atoms. The predicted molar refractivity (Wildman–Crippen MR) is 82.8 cm³/mol. The second-order valence-electron chi connectivity index (χ2n) is 6.61. The fraction of sp³-hybridized carbons (Fsp3) is 0.588. The monoisotopic (exact) mass is 342 g/mol. The minimum atomic E-state index is -4.72. The first-order chi connectivity index (χ1) is 11.4. The van der Waals surface area contributed by atoms with Gasteiger partial charge in [-0.1, -0.05) is 0 Å². The molecule has 7 heteroatoms. The molecule has 0 saturated carbocycles. The van der Waals surface area contributed by atoms with E-state index in [2.05, 4.69) is 10.1 Å². The highest BCUT2D eigenvalue weighted by Gasteiger charge is 2.37. The maximum absolute atomic E-state index is 12.5. The van der Waals surface area contributed by atoms with Crippen LogP contribution in [0.4, 0.5) is 13.2 Å². The van der Waals surface area contributed by atoms with Crippen LogP contribution >= 0.6 is 0 Å². The maximum Gasteiger partial charge on any atom is 0.573 e. The Morgan fingerprint density at radius 1 is 1.04 bits per heavy atom. The van der Waals surface area contributed by atoms with Crippen LogP contribution < -0.4 is 10.1 Å². The largest absolute Gasteiger partial charge is 0.573 e. The highest BCUT2D eigenvalue weighted by atomic mass is 19.4. The molecule has 132 valence electrons. The van der Waals surface area contributed by atoms with Gasteiger partial charge in [0.15, 0.2) is 0 Å². The van der Waals surface area contributed by atoms with E-state index in [0.29, 0.717) is 24.1 Å². The summed E-state index contributed by atoms with van der Waals surface area (Å²) < 4.78 is 40.3. The van der Waals surface area contributed by atoms with Crippen molar-refractivity contribution in [3.8, 4) is 5.75 Å². The Morgan fingerprint density at radius 2 is 1.62 bits per heavy atom. The van der Waals surface area contributed by atoms with Gasteiger partial charge in [0, 0.05) is 18.7 Å². The first kappa shape index (κ1) is 17.1. The normalized spacial score (nSPS) is 20.9. The number of nitrogens with one attached hydrogen (secondary N) is 1. The quantitative estimate of drug-likeness (QED) is 0.897. The SMILES string of the molecule is O=C(c1ccc(OC(F)(F)F)cc1)N1CCC2(CCNCC2)CC1. The molecule has 2 aliphatic rings. The molecule has 0 atom stereocenters. The highest BCUT2D eigenvalue weighted by molar-refractivity contribution is 5.94. The number of piperidine rings is 2. The van der Waals surface area contributed by atoms with E-state index in [9.17, 15) is 18.0 Å². The third-order valence-corrected chi connectivity index (χ3v) is 5.11. The molecule has 2 aliphatic heterocycles. The number of hydrogen-bond donors (Lipinski definition) is 1. The number of carbonyl (C=O) groups excluding carboxylic acids is 1. The third kappa shape index (κ3) is 4.01. The number of rotatable bonds is 2. The number of hydrogen-bond acceptors (Lipinski definition) is 3. The summed E-state index contributed by atoms with van der Waals surface area (Å²) in [6.07, 6.45) is -0.427. The molecule has 0 aromatic heterocycles. The van der Waals surface area contributed by atoms with Crippen LogP contribution in [0.2, 0.25) is 0 Å². The lowest BCUT2D eigenvalue weighted by Gasteiger charge is -2.44. The van der Waals surface area contributed by atoms with Gasteiger partial charge >= 0.3 is 6.36 Å². The van der Waals surface area contributed by atoms with Crippen LogP contribution in [-0.2, 0) is 0 Å². The molecule has 2 heterocycles. The van der Waals surface area contributed by atoms with Crippen LogP contribution in [0.25, 0.3) is 0 Å². The molecule has 2 fully saturated rings. The van der Waals surface area contributed by atoms with Gasteiger partial charge in [-0.2, -0.15) is 0 Å². The fourth-order valence-electron chi connectivity index (χ4n) is 3.62. The molecule has 24 heavy (non-hydrogen) atoms. The second-order valence-corrected chi connectivity index (χ2v) is 6.61. The molecule has 3 rings (SSSR count). The Bertz CT molecular complexity index is 570. The Hall–Kier alpha value is -1.76. The van der Waals surface area contributed by atoms with Crippen molar-refractivity contribution in [2.75, 3.05) is 26.2 Å². The number of halogens is 3. The van der Waals surface area contributed by atoms with E-state index < -0.39 is 6.36 Å². The zero-order valence-corrected chi connectivity index (χ0v) is 13.4. The van der Waals surface area contributed by atoms with Gasteiger partial charge in [-0.05, 0) is 68.5 Å². The van der Waals surface area contributed by atoms with Crippen molar-refractivity contribution < 1.29 is 22.7 Å². The Morgan fingerprint density at radius 3 is 2.17 bits per heavy atom. The van der Waals surface area contributed by atoms with Crippen molar-refractivity contribution in [2.24, 2.45) is 5.41 Å². The summed E-state index contributed by atoms with van der Waals surface area (Å²) in [7, 11) is 0. The number of alkyl halides is 3. The van der Waals surface area contributed by atoms with Gasteiger partial charge in [0.1, 0.15) is 5.75 Å². The van der Waals surface area contributed by atoms with Gasteiger partial charge in [0.25, 0.3) is 5.91 Å². The van der Waals surface area contributed by atoms with Gasteiger partial charge in [-0.15, -0.1) is 13.2 Å². The highest BCUT2D eigenvalue weighted by Crippen LogP contribution is 2.39. The smallest absolute Gasteiger partial charge is 0.406 e. The molecular weight excluding hydrogens is 321 g/mol. The van der Waals surface area contributed by atoms with E-state index in [1.165, 1.54) is 24.3 Å². The molecule has 1 N–H and O–H groups in total. The third-order valence-electron chi connectivity index (χ3n) is 5.11. The minimum absolute atomic E-state index is 0.127. The molecule has 1 aromatic rings. The average molecular weight is 342 g/mol. The molecule has 1 spiro atoms. The first-order valence-electron chi connectivity index (χ1n) is 8.23. The minimum Gasteiger partial charge on any atom is -0.406 e. The van der Waals surface area contributed by atoms with Crippen LogP contribution in [0, 0.1) is 5.41 Å². The molecule has 0 radical (unpaired) electrons. The molecule has 0 unspecified atom stereocenters. The van der Waals surface area contributed by atoms with Gasteiger partial charge < -0.3 is 15.0 Å². The van der Waals surface area contributed by atoms with E-state index in [0.717, 1.165) is 38.8 Å². The summed E-state index contributed by atoms with van der Waals surface area (Å²) in [4.78, 5) is 14.3. The van der Waals surface area contributed by atoms with E-state index in [-0.39, 0.29) is 11.7 Å². The molecule has 2 saturated heterocycles. The van der Waals surface area contributed by atoms with Crippen LogP contribution in [0.15, 0.2) is 24.3 Å². The number of likely N-dealkylation sites (tertiary alicyclic amines) is 1. The zero-order chi connectivity index (χ0) is 17.2. The number of amides is 1. The summed E-state index contributed by atoms with van der Waals surface area (Å²) in [6.45, 7) is 3.49. The molecule has 0 aliphatic carbocycles. The predicted octanol–water partition coefficient (Wildman–Crippen LogP) is 3.19. The standard InChI is InChI=1S/C17H21F3N2O2/c18-17(19,20)24-14-3-1-13(2-4-14)15(23)22-11-7-16(8-12-22)5-9-21-10-6-16/h1-4,21H,5-12H2. The second kappa shape index (κ2) is 6.63. The van der Waals surface area contributed by atoms with Crippen LogP contribution in [0.5, 0.6) is 5.75 Å². The summed E-state index contributed by atoms with van der Waals surface area (Å²) in [6, 6.07) is 5.13. The van der Waals surface area contributed by atoms with Crippen LogP contribution in [-0.4, -0.2) is 43.3 Å². The van der Waals surface area contributed by atoms with Crippen molar-refractivity contribution in [1.82, 2.24) is 10.2 Å². The lowest BCUT2D eigenvalue weighted by Crippen LogP contribution is -2.47. The summed E-state index contributed by atoms with van der Waals surface area (Å²) in [5.74, 6) is -0.441. The Kier molecular flexibility index (Phi) is 4.71. The fourth-order valence-corrected chi connectivity index (χ4v) is 3.62. The summed E-state index contributed by atoms with van der Waals surface area (Å²) >= 11 is 0. The summed E-state index contributed by atoms with van der Waals surface area (Å²) in [5, 5.41) is 3.37. The van der Waals surface area contributed by atoms with E-state index in [4.69, 9.17) is 0 Å². The van der Waals surface area contributed by atoms with E-state index >= 15 is 0 Å². The van der Waals surface area contributed by atoms with Gasteiger partial charge in [0.05, 0.1) is 0 Å². The Balaban J connectivity index is 1.59. The number of ether oxygens (including phenoxy) is 1. The number of benzene rings is 1. The molecule has 1 aromatic carbocycles. The van der Waals surface area contributed by atoms with E-state index in [1.807, 2.05) is 0 Å². The first-order valence-corrected chi connectivity index (χ1v) is 8.23. The van der Waals surface area contributed by atoms with Gasteiger partial charge in [-0.25, -0.2) is 0 Å². The van der Waals surface area contributed by atoms with Gasteiger partial charge in [0.2, 0.25) is 0 Å². The summed E-state index contributed by atoms with van der Waals surface area (Å²) in [5.41, 5.74) is 0.748. The number of nitrogens with zero attached hydrogens (tertiary/aromatic N) is 1. The van der Waals surface area contributed by atoms with Crippen molar-refractivity contribution >= 4 is 5.91 Å². The average Bonchev–Trinajstić information content (AvgIpc) is 2.55. The van der Waals surface area contributed by atoms with Crippen molar-refractivity contribution in [3.63, 3.8) is 0 Å². The van der Waals surface area contributed by atoms with E-state index in [1.54, 1.807) is 4.90 Å². The molecule has 4 nitrogen and oxygen atoms in total. The van der Waals surface area contributed by atoms with Crippen molar-refractivity contribution in [2.45, 2.75) is 32.0 Å². The topological polar surface area (TPSA) is 41.6 Å². The van der Waals surface area contributed by atoms with Crippen LogP contribution in [0.3, 0.4) is 0 Å². The number of carbonyl (C=O) groups is 1. The lowest BCUT2D eigenvalue weighted by molar-refractivity contribution is -0.274. The zero-order valence-electron chi connectivity index (χ0n) is 13.4. The molecule has 1 amide bonds. The van der Waals surface area contributed by atoms with Crippen molar-refractivity contribution in [3.05, 3.63) is 29.8 Å². The van der Waals surface area contributed by atoms with Crippen LogP contribution in [0.1, 0.15) is 36.0 Å². The maximum atomic E-state index is 12.5. The van der Waals surface area contributed by atoms with Gasteiger partial charge in [-0.3, -0.25) is 4.79 Å². The Labute approximate surface area is 139 Å². The lowest BCUT2D eigenvalue weighted by atomic mass is 9.71. The van der Waals surface area contributed by atoms with Crippen molar-refractivity contribution in [1.29, 1.82) is 0 Å².